The Bertz CT molecular complexity index is 702. The molecule has 29 heavy (non-hydrogen) atoms. The minimum atomic E-state index is -0.174. The van der Waals surface area contributed by atoms with Crippen LogP contribution in [0.25, 0.3) is 0 Å². The van der Waals surface area contributed by atoms with E-state index in [1.54, 1.807) is 0 Å². The number of nitrogens with zero attached hydrogens (tertiary/aromatic N) is 3. The Morgan fingerprint density at radius 3 is 2.93 bits per heavy atom. The van der Waals surface area contributed by atoms with E-state index >= 15 is 0 Å². The molecule has 0 radical (unpaired) electrons. The number of guanidine groups is 1. The first kappa shape index (κ1) is 21.6. The smallest absolute Gasteiger partial charge is 0.221 e. The van der Waals surface area contributed by atoms with Gasteiger partial charge in [-0.25, -0.2) is 0 Å². The fourth-order valence-electron chi connectivity index (χ4n) is 4.29. The van der Waals surface area contributed by atoms with Gasteiger partial charge in [0.2, 0.25) is 5.91 Å². The van der Waals surface area contributed by atoms with Gasteiger partial charge in [0.05, 0.1) is 12.5 Å². The summed E-state index contributed by atoms with van der Waals surface area (Å²) < 4.78 is 5.48. The molecule has 0 aromatic heterocycles. The van der Waals surface area contributed by atoms with Gasteiger partial charge in [-0.05, 0) is 36.9 Å². The number of benzene rings is 1. The lowest BCUT2D eigenvalue weighted by Gasteiger charge is -2.31. The van der Waals surface area contributed by atoms with Crippen LogP contribution < -0.4 is 11.1 Å². The number of nitrogens with two attached hydrogens (primary N) is 1. The largest absolute Gasteiger partial charge is 0.381 e. The average molecular weight is 402 g/mol. The summed E-state index contributed by atoms with van der Waals surface area (Å²) in [5.41, 5.74) is 8.00. The normalized spacial score (nSPS) is 23.2. The molecule has 2 saturated heterocycles. The van der Waals surface area contributed by atoms with Crippen LogP contribution in [0.15, 0.2) is 29.3 Å². The second kappa shape index (κ2) is 10.6. The summed E-state index contributed by atoms with van der Waals surface area (Å²) in [6.07, 6.45) is 3.06. The molecule has 160 valence electrons. The van der Waals surface area contributed by atoms with Gasteiger partial charge < -0.3 is 20.7 Å². The van der Waals surface area contributed by atoms with Crippen molar-refractivity contribution < 1.29 is 9.53 Å². The number of piperidine rings is 1. The van der Waals surface area contributed by atoms with Crippen LogP contribution >= 0.6 is 0 Å². The van der Waals surface area contributed by atoms with Gasteiger partial charge in [0.15, 0.2) is 5.96 Å². The van der Waals surface area contributed by atoms with E-state index in [4.69, 9.17) is 10.5 Å². The van der Waals surface area contributed by atoms with Crippen molar-refractivity contribution in [1.29, 1.82) is 0 Å². The molecule has 0 saturated carbocycles. The van der Waals surface area contributed by atoms with Crippen molar-refractivity contribution >= 4 is 11.9 Å². The number of likely N-dealkylation sites (tertiary alicyclic amines) is 1. The Morgan fingerprint density at radius 2 is 2.21 bits per heavy atom. The summed E-state index contributed by atoms with van der Waals surface area (Å²) >= 11 is 0. The van der Waals surface area contributed by atoms with Gasteiger partial charge in [-0.3, -0.25) is 14.7 Å². The number of primary amides is 1. The van der Waals surface area contributed by atoms with Crippen LogP contribution in [0.3, 0.4) is 0 Å². The molecule has 2 fully saturated rings. The van der Waals surface area contributed by atoms with Gasteiger partial charge >= 0.3 is 0 Å². The van der Waals surface area contributed by atoms with E-state index < -0.39 is 0 Å². The molecule has 1 amide bonds. The summed E-state index contributed by atoms with van der Waals surface area (Å²) in [4.78, 5) is 20.5. The van der Waals surface area contributed by atoms with Crippen LogP contribution in [-0.4, -0.2) is 68.6 Å². The molecule has 0 spiro atoms. The van der Waals surface area contributed by atoms with E-state index in [2.05, 4.69) is 51.4 Å². The molecule has 2 heterocycles. The average Bonchev–Trinajstić information content (AvgIpc) is 3.22. The number of ether oxygens (including phenoxy) is 1. The standard InChI is InChI=1S/C22H35N5O2/c1-24-22(26(2)13-19-8-10-29-16-19)25-12-17-5-3-6-18(11-17)14-27-9-4-7-20(15-27)21(23)28/h3,5-6,11,19-20H,4,7-10,12-16H2,1-2H3,(H2,23,28)(H,24,25). The molecule has 3 N–H and O–H groups in total. The molecule has 7 nitrogen and oxygen atoms in total. The number of carbonyl (C=O) groups excluding carboxylic acids is 1. The third-order valence-corrected chi connectivity index (χ3v) is 5.89. The number of hydrogen-bond donors (Lipinski definition) is 2. The van der Waals surface area contributed by atoms with Gasteiger partial charge in [0, 0.05) is 52.8 Å². The van der Waals surface area contributed by atoms with Gasteiger partial charge in [-0.1, -0.05) is 24.3 Å². The number of aliphatic imine (C=N–C) groups is 1. The molecule has 3 rings (SSSR count). The lowest BCUT2D eigenvalue weighted by atomic mass is 9.97. The highest BCUT2D eigenvalue weighted by Gasteiger charge is 2.24. The topological polar surface area (TPSA) is 83.2 Å². The second-order valence-electron chi connectivity index (χ2n) is 8.31. The lowest BCUT2D eigenvalue weighted by Crippen LogP contribution is -2.41. The summed E-state index contributed by atoms with van der Waals surface area (Å²) in [7, 11) is 3.90. The summed E-state index contributed by atoms with van der Waals surface area (Å²) in [6.45, 7) is 6.04. The SMILES string of the molecule is CN=C(NCc1cccc(CN2CCCC(C(N)=O)C2)c1)N(C)CC1CCOC1. The zero-order chi connectivity index (χ0) is 20.6. The first-order valence-electron chi connectivity index (χ1n) is 10.6. The Kier molecular flexibility index (Phi) is 7.89. The van der Waals surface area contributed by atoms with Gasteiger partial charge in [-0.2, -0.15) is 0 Å². The van der Waals surface area contributed by atoms with E-state index in [9.17, 15) is 4.79 Å². The van der Waals surface area contributed by atoms with Crippen LogP contribution in [0.1, 0.15) is 30.4 Å². The molecule has 1 aromatic carbocycles. The van der Waals surface area contributed by atoms with Crippen molar-refractivity contribution in [3.63, 3.8) is 0 Å². The number of rotatable bonds is 7. The quantitative estimate of drug-likeness (QED) is 0.533. The van der Waals surface area contributed by atoms with Crippen LogP contribution in [0.4, 0.5) is 0 Å². The van der Waals surface area contributed by atoms with Gasteiger partial charge in [-0.15, -0.1) is 0 Å². The molecule has 2 unspecified atom stereocenters. The van der Waals surface area contributed by atoms with Crippen molar-refractivity contribution in [2.75, 3.05) is 46.9 Å². The Balaban J connectivity index is 1.51. The molecule has 2 aliphatic heterocycles. The monoisotopic (exact) mass is 401 g/mol. The minimum absolute atomic E-state index is 0.0160. The predicted octanol–water partition coefficient (Wildman–Crippen LogP) is 1.43. The molecule has 2 aliphatic rings. The zero-order valence-corrected chi connectivity index (χ0v) is 17.8. The van der Waals surface area contributed by atoms with Crippen LogP contribution in [-0.2, 0) is 22.6 Å². The first-order chi connectivity index (χ1) is 14.0. The third kappa shape index (κ3) is 6.44. The molecular weight excluding hydrogens is 366 g/mol. The highest BCUT2D eigenvalue weighted by atomic mass is 16.5. The summed E-state index contributed by atoms with van der Waals surface area (Å²) in [6, 6.07) is 8.62. The molecule has 7 heteroatoms. The number of nitrogens with one attached hydrogen (secondary N) is 1. The van der Waals surface area contributed by atoms with E-state index in [0.717, 1.165) is 71.2 Å². The van der Waals surface area contributed by atoms with Gasteiger partial charge in [0.1, 0.15) is 0 Å². The summed E-state index contributed by atoms with van der Waals surface area (Å²) in [5, 5.41) is 3.47. The van der Waals surface area contributed by atoms with Gasteiger partial charge in [0.25, 0.3) is 0 Å². The van der Waals surface area contributed by atoms with Crippen molar-refractivity contribution in [3.8, 4) is 0 Å². The highest BCUT2D eigenvalue weighted by Crippen LogP contribution is 2.19. The van der Waals surface area contributed by atoms with E-state index in [0.29, 0.717) is 5.92 Å². The Morgan fingerprint density at radius 1 is 1.38 bits per heavy atom. The number of amides is 1. The maximum absolute atomic E-state index is 11.5. The molecular formula is C22H35N5O2. The van der Waals surface area contributed by atoms with E-state index in [-0.39, 0.29) is 11.8 Å². The maximum atomic E-state index is 11.5. The minimum Gasteiger partial charge on any atom is -0.381 e. The highest BCUT2D eigenvalue weighted by molar-refractivity contribution is 5.79. The van der Waals surface area contributed by atoms with Crippen LogP contribution in [0.2, 0.25) is 0 Å². The maximum Gasteiger partial charge on any atom is 0.221 e. The van der Waals surface area contributed by atoms with Crippen LogP contribution in [0.5, 0.6) is 0 Å². The van der Waals surface area contributed by atoms with Crippen molar-refractivity contribution in [2.45, 2.75) is 32.4 Å². The number of carbonyl (C=O) groups is 1. The molecule has 0 aliphatic carbocycles. The second-order valence-corrected chi connectivity index (χ2v) is 8.31. The molecule has 2 atom stereocenters. The molecule has 0 bridgehead atoms. The van der Waals surface area contributed by atoms with Crippen molar-refractivity contribution in [3.05, 3.63) is 35.4 Å². The Labute approximate surface area is 174 Å². The predicted molar refractivity (Wildman–Crippen MR) is 115 cm³/mol. The first-order valence-corrected chi connectivity index (χ1v) is 10.6. The van der Waals surface area contributed by atoms with Crippen molar-refractivity contribution in [2.24, 2.45) is 22.6 Å². The third-order valence-electron chi connectivity index (χ3n) is 5.89. The van der Waals surface area contributed by atoms with E-state index in [1.165, 1.54) is 11.1 Å². The molecule has 1 aromatic rings. The fourth-order valence-corrected chi connectivity index (χ4v) is 4.29. The fraction of sp³-hybridized carbons (Fsp3) is 0.636. The zero-order valence-electron chi connectivity index (χ0n) is 17.8. The Hall–Kier alpha value is -2.12. The van der Waals surface area contributed by atoms with Crippen molar-refractivity contribution in [1.82, 2.24) is 15.1 Å². The number of hydrogen-bond acceptors (Lipinski definition) is 4. The van der Waals surface area contributed by atoms with E-state index in [1.807, 2.05) is 7.05 Å². The van der Waals surface area contributed by atoms with Crippen LogP contribution in [0, 0.1) is 11.8 Å². The lowest BCUT2D eigenvalue weighted by molar-refractivity contribution is -0.123. The summed E-state index contributed by atoms with van der Waals surface area (Å²) in [5.74, 6) is 1.29.